The van der Waals surface area contributed by atoms with Crippen molar-refractivity contribution in [3.63, 3.8) is 0 Å². The van der Waals surface area contributed by atoms with Crippen molar-refractivity contribution >= 4 is 5.97 Å². The summed E-state index contributed by atoms with van der Waals surface area (Å²) in [5.74, 6) is -0.118. The van der Waals surface area contributed by atoms with E-state index in [1.165, 1.54) is 12.1 Å². The number of carbonyl (C=O) groups excluding carboxylic acids is 1. The Balaban J connectivity index is 1.49. The summed E-state index contributed by atoms with van der Waals surface area (Å²) >= 11 is 0. The average Bonchev–Trinajstić information content (AvgIpc) is 3.60. The zero-order chi connectivity index (χ0) is 27.1. The van der Waals surface area contributed by atoms with E-state index in [-0.39, 0.29) is 11.9 Å². The molecule has 8 heteroatoms. The second-order valence-corrected chi connectivity index (χ2v) is 12.0. The lowest BCUT2D eigenvalue weighted by Crippen LogP contribution is -2.47. The summed E-state index contributed by atoms with van der Waals surface area (Å²) in [5, 5.41) is 0. The van der Waals surface area contributed by atoms with Gasteiger partial charge < -0.3 is 9.47 Å². The zero-order valence-electron chi connectivity index (χ0n) is 22.1. The number of hydroxylamine groups is 1. The minimum atomic E-state index is -4.47. The van der Waals surface area contributed by atoms with Crippen molar-refractivity contribution in [2.75, 3.05) is 6.61 Å². The average molecular weight is 532 g/mol. The number of halogens is 3. The summed E-state index contributed by atoms with van der Waals surface area (Å²) in [7, 11) is 0. The maximum Gasteiger partial charge on any atom is 0.416 e. The van der Waals surface area contributed by atoms with E-state index in [0.717, 1.165) is 30.9 Å². The fourth-order valence-corrected chi connectivity index (χ4v) is 5.89. The topological polar surface area (TPSA) is 56.8 Å². The third-order valence-corrected chi connectivity index (χ3v) is 7.79. The predicted molar refractivity (Wildman–Crippen MR) is 136 cm³/mol. The van der Waals surface area contributed by atoms with Crippen molar-refractivity contribution in [2.45, 2.75) is 88.6 Å². The van der Waals surface area contributed by atoms with E-state index in [9.17, 15) is 18.0 Å². The van der Waals surface area contributed by atoms with Gasteiger partial charge in [0.2, 0.25) is 0 Å². The maximum atomic E-state index is 13.7. The molecule has 38 heavy (non-hydrogen) atoms. The van der Waals surface area contributed by atoms with E-state index in [2.05, 4.69) is 5.48 Å². The van der Waals surface area contributed by atoms with Gasteiger partial charge in [-0.15, -0.1) is 0 Å². The molecular formula is C30H36F3NO4. The van der Waals surface area contributed by atoms with Gasteiger partial charge in [0.15, 0.2) is 0 Å². The molecule has 0 bridgehead atoms. The summed E-state index contributed by atoms with van der Waals surface area (Å²) < 4.78 is 52.8. The first-order valence-electron chi connectivity index (χ1n) is 13.5. The molecule has 206 valence electrons. The third-order valence-electron chi connectivity index (χ3n) is 7.79. The van der Waals surface area contributed by atoms with Gasteiger partial charge in [-0.1, -0.05) is 30.3 Å². The summed E-state index contributed by atoms with van der Waals surface area (Å²) in [6.07, 6.45) is 0.169. The van der Waals surface area contributed by atoms with Crippen LogP contribution in [0.15, 0.2) is 48.5 Å². The van der Waals surface area contributed by atoms with Gasteiger partial charge in [0.25, 0.3) is 0 Å². The molecule has 3 aliphatic rings. The molecule has 2 saturated carbocycles. The second kappa shape index (κ2) is 10.2. The highest BCUT2D eigenvalue weighted by Gasteiger charge is 2.55. The Morgan fingerprint density at radius 3 is 2.47 bits per heavy atom. The van der Waals surface area contributed by atoms with Crippen molar-refractivity contribution in [2.24, 2.45) is 11.8 Å². The molecule has 2 aliphatic carbocycles. The van der Waals surface area contributed by atoms with Crippen molar-refractivity contribution in [1.82, 2.24) is 5.48 Å². The number of benzene rings is 2. The van der Waals surface area contributed by atoms with Gasteiger partial charge in [0.1, 0.15) is 11.4 Å². The van der Waals surface area contributed by atoms with E-state index in [0.29, 0.717) is 43.1 Å². The van der Waals surface area contributed by atoms with Gasteiger partial charge >= 0.3 is 12.1 Å². The first kappa shape index (κ1) is 27.0. The van der Waals surface area contributed by atoms with E-state index in [4.69, 9.17) is 14.3 Å². The molecule has 1 heterocycles. The molecule has 5 nitrogen and oxygen atoms in total. The van der Waals surface area contributed by atoms with Gasteiger partial charge in [0.05, 0.1) is 29.7 Å². The number of hydrogen-bond acceptors (Lipinski definition) is 5. The van der Waals surface area contributed by atoms with Crippen molar-refractivity contribution < 1.29 is 32.3 Å². The quantitative estimate of drug-likeness (QED) is 0.402. The SMILES string of the molecule is CC(C)(C)OC(=O)C1CCC[C@@]2(C[C@H](c3cc(C(F)(F)F)ccc3OCC3CC3)NO2)[C@@H]1c1ccccc1. The highest BCUT2D eigenvalue weighted by molar-refractivity contribution is 5.75. The van der Waals surface area contributed by atoms with E-state index in [1.807, 2.05) is 51.1 Å². The van der Waals surface area contributed by atoms with E-state index >= 15 is 0 Å². The normalized spacial score (nSPS) is 27.9. The van der Waals surface area contributed by atoms with Crippen molar-refractivity contribution in [1.29, 1.82) is 0 Å². The van der Waals surface area contributed by atoms with Crippen LogP contribution in [0.4, 0.5) is 13.2 Å². The summed E-state index contributed by atoms with van der Waals surface area (Å²) in [4.78, 5) is 19.8. The van der Waals surface area contributed by atoms with Crippen LogP contribution in [0.1, 0.15) is 87.9 Å². The number of esters is 1. The Morgan fingerprint density at radius 1 is 1.08 bits per heavy atom. The summed E-state index contributed by atoms with van der Waals surface area (Å²) in [6, 6.07) is 12.9. The van der Waals surface area contributed by atoms with Crippen LogP contribution in [-0.2, 0) is 20.5 Å². The highest BCUT2D eigenvalue weighted by Crippen LogP contribution is 2.54. The number of hydrogen-bond donors (Lipinski definition) is 1. The largest absolute Gasteiger partial charge is 0.493 e. The lowest BCUT2D eigenvalue weighted by molar-refractivity contribution is -0.170. The maximum absolute atomic E-state index is 13.7. The van der Waals surface area contributed by atoms with Gasteiger partial charge in [-0.3, -0.25) is 9.63 Å². The molecule has 1 N–H and O–H groups in total. The minimum Gasteiger partial charge on any atom is -0.493 e. The monoisotopic (exact) mass is 531 g/mol. The Kier molecular flexibility index (Phi) is 7.24. The van der Waals surface area contributed by atoms with Gasteiger partial charge in [-0.05, 0) is 82.6 Å². The molecule has 4 atom stereocenters. The zero-order valence-corrected chi connectivity index (χ0v) is 22.1. The molecule has 1 aliphatic heterocycles. The number of ether oxygens (including phenoxy) is 2. The fraction of sp³-hybridized carbons (Fsp3) is 0.567. The van der Waals surface area contributed by atoms with E-state index in [1.54, 1.807) is 0 Å². The second-order valence-electron chi connectivity index (χ2n) is 12.0. The molecule has 1 spiro atoms. The molecule has 2 aromatic rings. The van der Waals surface area contributed by atoms with Crippen LogP contribution in [-0.4, -0.2) is 23.8 Å². The lowest BCUT2D eigenvalue weighted by Gasteiger charge is -2.44. The summed E-state index contributed by atoms with van der Waals surface area (Å²) in [5.41, 5.74) is 2.32. The molecule has 0 radical (unpaired) electrons. The Morgan fingerprint density at radius 2 is 1.82 bits per heavy atom. The third kappa shape index (κ3) is 5.86. The fourth-order valence-electron chi connectivity index (χ4n) is 5.89. The predicted octanol–water partition coefficient (Wildman–Crippen LogP) is 7.12. The molecule has 1 unspecified atom stereocenters. The molecule has 2 aromatic carbocycles. The van der Waals surface area contributed by atoms with Gasteiger partial charge in [-0.25, -0.2) is 0 Å². The van der Waals surface area contributed by atoms with Crippen molar-refractivity contribution in [3.05, 3.63) is 65.2 Å². The number of rotatable bonds is 6. The lowest BCUT2D eigenvalue weighted by atomic mass is 9.64. The molecule has 1 saturated heterocycles. The van der Waals surface area contributed by atoms with Crippen LogP contribution in [0.25, 0.3) is 0 Å². The van der Waals surface area contributed by atoms with Crippen LogP contribution in [0.3, 0.4) is 0 Å². The Labute approximate surface area is 222 Å². The minimum absolute atomic E-state index is 0.273. The van der Waals surface area contributed by atoms with Crippen LogP contribution < -0.4 is 10.2 Å². The number of alkyl halides is 3. The van der Waals surface area contributed by atoms with Gasteiger partial charge in [-0.2, -0.15) is 18.7 Å². The molecule has 3 fully saturated rings. The Hall–Kier alpha value is -2.58. The van der Waals surface area contributed by atoms with Crippen LogP contribution >= 0.6 is 0 Å². The van der Waals surface area contributed by atoms with Gasteiger partial charge in [0, 0.05) is 17.9 Å². The molecule has 0 amide bonds. The summed E-state index contributed by atoms with van der Waals surface area (Å²) in [6.45, 7) is 6.04. The van der Waals surface area contributed by atoms with Crippen LogP contribution in [0.5, 0.6) is 5.75 Å². The first-order chi connectivity index (χ1) is 18.0. The number of nitrogens with one attached hydrogen (secondary N) is 1. The van der Waals surface area contributed by atoms with Crippen LogP contribution in [0, 0.1) is 11.8 Å². The first-order valence-corrected chi connectivity index (χ1v) is 13.5. The standard InChI is InChI=1S/C30H36F3NO4/c1-28(2,3)37-27(35)22-10-7-15-29(26(22)20-8-5-4-6-9-20)17-24(34-38-29)23-16-21(30(31,32)33)13-14-25(23)36-18-19-11-12-19/h4-6,8-9,13-14,16,19,22,24,26,34H,7,10-12,15,17-18H2,1-3H3/t22?,24-,26-,29-/m1/s1. The smallest absolute Gasteiger partial charge is 0.416 e. The molecule has 5 rings (SSSR count). The van der Waals surface area contributed by atoms with Crippen molar-refractivity contribution in [3.8, 4) is 5.75 Å². The molecule has 0 aromatic heterocycles. The molecular weight excluding hydrogens is 495 g/mol. The highest BCUT2D eigenvalue weighted by atomic mass is 19.4. The van der Waals surface area contributed by atoms with Crippen LogP contribution in [0.2, 0.25) is 0 Å². The van der Waals surface area contributed by atoms with E-state index < -0.39 is 34.9 Å². The number of carbonyl (C=O) groups is 1. The Bertz CT molecular complexity index is 1140.